The highest BCUT2D eigenvalue weighted by atomic mass is 19.4. The van der Waals surface area contributed by atoms with E-state index in [0.29, 0.717) is 5.56 Å². The Morgan fingerprint density at radius 2 is 1.41 bits per heavy atom. The van der Waals surface area contributed by atoms with Crippen LogP contribution in [-0.4, -0.2) is 37.3 Å². The number of alkyl halides is 3. The first-order valence-electron chi connectivity index (χ1n) is 9.94. The summed E-state index contributed by atoms with van der Waals surface area (Å²) < 4.78 is 45.0. The SMILES string of the molecule is O=C(COC(=O)CNC(=O)c1ccc(-c2ccccc2)cc1)Nc1ccc(OC(F)(F)F)cc1. The standard InChI is InChI=1S/C24H19F3N2O5/c25-24(26,27)34-20-12-10-19(11-13-20)29-21(30)15-33-22(31)14-28-23(32)18-8-6-17(7-9-18)16-4-2-1-3-5-16/h1-13H,14-15H2,(H,28,32)(H,29,30). The largest absolute Gasteiger partial charge is 0.573 e. The summed E-state index contributed by atoms with van der Waals surface area (Å²) in [6.45, 7) is -1.09. The number of amides is 2. The van der Waals surface area contributed by atoms with Crippen LogP contribution in [-0.2, 0) is 14.3 Å². The molecule has 3 aromatic carbocycles. The van der Waals surface area contributed by atoms with Crippen LogP contribution in [0.5, 0.6) is 5.75 Å². The summed E-state index contributed by atoms with van der Waals surface area (Å²) in [5, 5.41) is 4.76. The molecular formula is C24H19F3N2O5. The molecule has 3 aromatic rings. The summed E-state index contributed by atoms with van der Waals surface area (Å²) in [6, 6.07) is 20.9. The van der Waals surface area contributed by atoms with E-state index in [1.165, 1.54) is 12.1 Å². The van der Waals surface area contributed by atoms with E-state index in [1.54, 1.807) is 24.3 Å². The van der Waals surface area contributed by atoms with Crippen LogP contribution in [0.25, 0.3) is 11.1 Å². The van der Waals surface area contributed by atoms with E-state index in [0.717, 1.165) is 23.3 Å². The third-order valence-corrected chi connectivity index (χ3v) is 4.38. The number of halogens is 3. The van der Waals surface area contributed by atoms with E-state index >= 15 is 0 Å². The van der Waals surface area contributed by atoms with Crippen molar-refractivity contribution in [2.75, 3.05) is 18.5 Å². The molecule has 0 saturated heterocycles. The molecule has 176 valence electrons. The van der Waals surface area contributed by atoms with Crippen LogP contribution in [0.2, 0.25) is 0 Å². The highest BCUT2D eigenvalue weighted by Gasteiger charge is 2.31. The molecule has 7 nitrogen and oxygen atoms in total. The Morgan fingerprint density at radius 3 is 2.03 bits per heavy atom. The number of hydrogen-bond donors (Lipinski definition) is 2. The molecule has 0 heterocycles. The van der Waals surface area contributed by atoms with Gasteiger partial charge in [-0.3, -0.25) is 14.4 Å². The number of rotatable bonds is 8. The molecule has 2 N–H and O–H groups in total. The summed E-state index contributed by atoms with van der Waals surface area (Å²) in [5.41, 5.74) is 2.47. The molecule has 0 fully saturated rings. The first-order chi connectivity index (χ1) is 16.2. The number of ether oxygens (including phenoxy) is 2. The summed E-state index contributed by atoms with van der Waals surface area (Å²) in [6.07, 6.45) is -4.82. The zero-order valence-corrected chi connectivity index (χ0v) is 17.6. The molecule has 0 aliphatic rings. The molecule has 0 aromatic heterocycles. The Hall–Kier alpha value is -4.34. The molecule has 10 heteroatoms. The number of benzene rings is 3. The Labute approximate surface area is 192 Å². The number of carbonyl (C=O) groups excluding carboxylic acids is 3. The lowest BCUT2D eigenvalue weighted by molar-refractivity contribution is -0.274. The van der Waals surface area contributed by atoms with Gasteiger partial charge < -0.3 is 20.1 Å². The van der Waals surface area contributed by atoms with Gasteiger partial charge in [0.1, 0.15) is 12.3 Å². The fourth-order valence-corrected chi connectivity index (χ4v) is 2.83. The molecule has 34 heavy (non-hydrogen) atoms. The number of nitrogens with one attached hydrogen (secondary N) is 2. The molecule has 0 bridgehead atoms. The molecular weight excluding hydrogens is 453 g/mol. The summed E-state index contributed by atoms with van der Waals surface area (Å²) in [4.78, 5) is 35.9. The zero-order chi connectivity index (χ0) is 24.6. The maximum atomic E-state index is 12.2. The first kappa shape index (κ1) is 24.3. The second kappa shape index (κ2) is 11.0. The topological polar surface area (TPSA) is 93.7 Å². The predicted molar refractivity (Wildman–Crippen MR) is 117 cm³/mol. The van der Waals surface area contributed by atoms with Crippen molar-refractivity contribution < 1.29 is 37.0 Å². The van der Waals surface area contributed by atoms with Crippen LogP contribution < -0.4 is 15.4 Å². The van der Waals surface area contributed by atoms with Gasteiger partial charge in [0, 0.05) is 11.3 Å². The Bertz CT molecular complexity index is 1130. The summed E-state index contributed by atoms with van der Waals surface area (Å²) in [7, 11) is 0. The van der Waals surface area contributed by atoms with Crippen molar-refractivity contribution in [1.82, 2.24) is 5.32 Å². The second-order valence-corrected chi connectivity index (χ2v) is 6.91. The summed E-state index contributed by atoms with van der Waals surface area (Å²) >= 11 is 0. The van der Waals surface area contributed by atoms with Crippen molar-refractivity contribution in [3.8, 4) is 16.9 Å². The van der Waals surface area contributed by atoms with Crippen LogP contribution in [0, 0.1) is 0 Å². The normalized spacial score (nSPS) is 10.8. The predicted octanol–water partition coefficient (Wildman–Crippen LogP) is 4.16. The molecule has 0 aliphatic heterocycles. The Kier molecular flexibility index (Phi) is 7.86. The van der Waals surface area contributed by atoms with E-state index in [9.17, 15) is 27.6 Å². The van der Waals surface area contributed by atoms with Crippen molar-refractivity contribution in [2.45, 2.75) is 6.36 Å². The first-order valence-corrected chi connectivity index (χ1v) is 9.94. The zero-order valence-electron chi connectivity index (χ0n) is 17.6. The van der Waals surface area contributed by atoms with E-state index in [-0.39, 0.29) is 5.69 Å². The molecule has 0 radical (unpaired) electrons. The monoisotopic (exact) mass is 472 g/mol. The Morgan fingerprint density at radius 1 is 0.794 bits per heavy atom. The number of esters is 1. The van der Waals surface area contributed by atoms with Crippen molar-refractivity contribution in [3.05, 3.63) is 84.4 Å². The van der Waals surface area contributed by atoms with Crippen LogP contribution in [0.15, 0.2) is 78.9 Å². The lowest BCUT2D eigenvalue weighted by Gasteiger charge is -2.10. The van der Waals surface area contributed by atoms with Gasteiger partial charge in [-0.1, -0.05) is 42.5 Å². The van der Waals surface area contributed by atoms with E-state index in [1.807, 2.05) is 30.3 Å². The van der Waals surface area contributed by atoms with Gasteiger partial charge in [-0.15, -0.1) is 13.2 Å². The highest BCUT2D eigenvalue weighted by molar-refractivity contribution is 5.97. The van der Waals surface area contributed by atoms with Gasteiger partial charge in [-0.25, -0.2) is 0 Å². The Balaban J connectivity index is 1.40. The maximum absolute atomic E-state index is 12.2. The average molecular weight is 472 g/mol. The molecule has 0 spiro atoms. The molecule has 0 unspecified atom stereocenters. The third kappa shape index (κ3) is 7.66. The smallest absolute Gasteiger partial charge is 0.454 e. The van der Waals surface area contributed by atoms with Gasteiger partial charge in [0.15, 0.2) is 6.61 Å². The van der Waals surface area contributed by atoms with Crippen molar-refractivity contribution in [2.24, 2.45) is 0 Å². The fourth-order valence-electron chi connectivity index (χ4n) is 2.83. The number of anilines is 1. The molecule has 3 rings (SSSR count). The van der Waals surface area contributed by atoms with Gasteiger partial charge in [-0.2, -0.15) is 0 Å². The minimum atomic E-state index is -4.82. The second-order valence-electron chi connectivity index (χ2n) is 6.91. The van der Waals surface area contributed by atoms with Crippen LogP contribution in [0.1, 0.15) is 10.4 Å². The van der Waals surface area contributed by atoms with Crippen LogP contribution in [0.3, 0.4) is 0 Å². The highest BCUT2D eigenvalue weighted by Crippen LogP contribution is 2.24. The van der Waals surface area contributed by atoms with E-state index < -0.39 is 43.0 Å². The lowest BCUT2D eigenvalue weighted by atomic mass is 10.0. The van der Waals surface area contributed by atoms with Gasteiger partial charge in [0.05, 0.1) is 0 Å². The molecule has 0 saturated carbocycles. The van der Waals surface area contributed by atoms with Crippen molar-refractivity contribution >= 4 is 23.5 Å². The van der Waals surface area contributed by atoms with Gasteiger partial charge in [0.2, 0.25) is 0 Å². The van der Waals surface area contributed by atoms with E-state index in [2.05, 4.69) is 15.4 Å². The summed E-state index contributed by atoms with van der Waals surface area (Å²) in [5.74, 6) is -2.47. The molecule has 2 amide bonds. The number of carbonyl (C=O) groups is 3. The van der Waals surface area contributed by atoms with Gasteiger partial charge in [-0.05, 0) is 47.5 Å². The molecule has 0 aliphatic carbocycles. The van der Waals surface area contributed by atoms with Crippen LogP contribution in [0.4, 0.5) is 18.9 Å². The lowest BCUT2D eigenvalue weighted by Crippen LogP contribution is -2.32. The average Bonchev–Trinajstić information content (AvgIpc) is 2.82. The quantitative estimate of drug-likeness (QED) is 0.480. The van der Waals surface area contributed by atoms with Gasteiger partial charge in [0.25, 0.3) is 11.8 Å². The maximum Gasteiger partial charge on any atom is 0.573 e. The van der Waals surface area contributed by atoms with Crippen LogP contribution >= 0.6 is 0 Å². The minimum Gasteiger partial charge on any atom is -0.454 e. The van der Waals surface area contributed by atoms with E-state index in [4.69, 9.17) is 4.74 Å². The minimum absolute atomic E-state index is 0.183. The molecule has 0 atom stereocenters. The van der Waals surface area contributed by atoms with Crippen molar-refractivity contribution in [1.29, 1.82) is 0 Å². The number of hydrogen-bond acceptors (Lipinski definition) is 5. The van der Waals surface area contributed by atoms with Gasteiger partial charge >= 0.3 is 12.3 Å². The third-order valence-electron chi connectivity index (χ3n) is 4.38. The fraction of sp³-hybridized carbons (Fsp3) is 0.125. The van der Waals surface area contributed by atoms with Crippen molar-refractivity contribution in [3.63, 3.8) is 0 Å².